The number of carbonyl (C=O) groups excluding carboxylic acids is 1. The van der Waals surface area contributed by atoms with Crippen LogP contribution in [0, 0.1) is 5.82 Å². The lowest BCUT2D eigenvalue weighted by molar-refractivity contribution is 0.0953. The van der Waals surface area contributed by atoms with Crippen molar-refractivity contribution < 1.29 is 9.18 Å². The quantitative estimate of drug-likeness (QED) is 0.391. The summed E-state index contributed by atoms with van der Waals surface area (Å²) < 4.78 is 13.0. The van der Waals surface area contributed by atoms with Crippen molar-refractivity contribution in [3.05, 3.63) is 65.5 Å². The van der Waals surface area contributed by atoms with Gasteiger partial charge in [0, 0.05) is 16.2 Å². The zero-order chi connectivity index (χ0) is 13.7. The number of benzene rings is 2. The molecule has 0 radical (unpaired) electrons. The molecule has 0 aromatic heterocycles. The molecular formula is C14H13FN2OS. The van der Waals surface area contributed by atoms with Crippen molar-refractivity contribution in [3.8, 4) is 0 Å². The van der Waals surface area contributed by atoms with Gasteiger partial charge in [0.05, 0.1) is 0 Å². The molecular weight excluding hydrogens is 263 g/mol. The third kappa shape index (κ3) is 3.81. The molecule has 5 heteroatoms. The fourth-order valence-electron chi connectivity index (χ4n) is 1.61. The van der Waals surface area contributed by atoms with E-state index in [1.54, 1.807) is 24.3 Å². The van der Waals surface area contributed by atoms with Gasteiger partial charge in [-0.05, 0) is 35.9 Å². The smallest absolute Gasteiger partial charge is 0.265 e. The van der Waals surface area contributed by atoms with Gasteiger partial charge in [-0.2, -0.15) is 0 Å². The van der Waals surface area contributed by atoms with Gasteiger partial charge in [-0.15, -0.1) is 11.8 Å². The second-order valence-electron chi connectivity index (χ2n) is 3.92. The molecule has 0 bridgehead atoms. The maximum Gasteiger partial charge on any atom is 0.265 e. The molecule has 0 spiro atoms. The first-order valence-corrected chi connectivity index (χ1v) is 6.66. The van der Waals surface area contributed by atoms with E-state index >= 15 is 0 Å². The highest BCUT2D eigenvalue weighted by Gasteiger charge is 2.04. The average Bonchev–Trinajstić information content (AvgIpc) is 2.45. The number of nitrogen functional groups attached to an aromatic ring is 1. The number of hydrazine groups is 1. The Balaban J connectivity index is 2.05. The number of rotatable bonds is 4. The van der Waals surface area contributed by atoms with E-state index < -0.39 is 0 Å². The van der Waals surface area contributed by atoms with E-state index in [4.69, 9.17) is 5.84 Å². The Morgan fingerprint density at radius 1 is 1.21 bits per heavy atom. The van der Waals surface area contributed by atoms with E-state index in [2.05, 4.69) is 5.43 Å². The highest BCUT2D eigenvalue weighted by Crippen LogP contribution is 2.23. The Morgan fingerprint density at radius 2 is 2.00 bits per heavy atom. The summed E-state index contributed by atoms with van der Waals surface area (Å²) in [4.78, 5) is 12.2. The van der Waals surface area contributed by atoms with Crippen LogP contribution in [-0.4, -0.2) is 5.91 Å². The van der Waals surface area contributed by atoms with Crippen molar-refractivity contribution >= 4 is 17.7 Å². The highest BCUT2D eigenvalue weighted by atomic mass is 32.2. The number of nitrogens with two attached hydrogens (primary N) is 1. The van der Waals surface area contributed by atoms with Gasteiger partial charge < -0.3 is 0 Å². The summed E-state index contributed by atoms with van der Waals surface area (Å²) in [5.41, 5.74) is 3.59. The van der Waals surface area contributed by atoms with Crippen molar-refractivity contribution in [2.24, 2.45) is 5.84 Å². The number of halogens is 1. The molecule has 0 atom stereocenters. The van der Waals surface area contributed by atoms with E-state index in [1.807, 2.05) is 12.1 Å². The summed E-state index contributed by atoms with van der Waals surface area (Å²) in [6.45, 7) is 0. The van der Waals surface area contributed by atoms with E-state index in [9.17, 15) is 9.18 Å². The third-order valence-electron chi connectivity index (χ3n) is 2.52. The minimum absolute atomic E-state index is 0.249. The van der Waals surface area contributed by atoms with Crippen molar-refractivity contribution in [1.29, 1.82) is 0 Å². The van der Waals surface area contributed by atoms with Gasteiger partial charge >= 0.3 is 0 Å². The first kappa shape index (κ1) is 13.6. The summed E-state index contributed by atoms with van der Waals surface area (Å²) >= 11 is 1.51. The number of hydrogen-bond acceptors (Lipinski definition) is 3. The van der Waals surface area contributed by atoms with Crippen LogP contribution in [0.1, 0.15) is 15.9 Å². The van der Waals surface area contributed by atoms with Crippen LogP contribution in [0.15, 0.2) is 53.4 Å². The summed E-state index contributed by atoms with van der Waals surface area (Å²) in [5.74, 6) is 5.18. The van der Waals surface area contributed by atoms with Crippen molar-refractivity contribution in [2.45, 2.75) is 10.6 Å². The van der Waals surface area contributed by atoms with Crippen LogP contribution < -0.4 is 11.3 Å². The van der Waals surface area contributed by atoms with E-state index in [1.165, 1.54) is 23.9 Å². The van der Waals surface area contributed by atoms with Gasteiger partial charge in [0.15, 0.2) is 0 Å². The molecule has 0 heterocycles. The van der Waals surface area contributed by atoms with Crippen LogP contribution in [0.3, 0.4) is 0 Å². The van der Waals surface area contributed by atoms with Crippen LogP contribution >= 0.6 is 11.8 Å². The largest absolute Gasteiger partial charge is 0.290 e. The molecule has 3 N–H and O–H groups in total. The van der Waals surface area contributed by atoms with Crippen LogP contribution in [0.4, 0.5) is 4.39 Å². The van der Waals surface area contributed by atoms with E-state index in [-0.39, 0.29) is 11.7 Å². The summed E-state index contributed by atoms with van der Waals surface area (Å²) in [7, 11) is 0. The predicted octanol–water partition coefficient (Wildman–Crippen LogP) is 2.72. The van der Waals surface area contributed by atoms with Crippen LogP contribution in [0.2, 0.25) is 0 Å². The molecule has 0 aliphatic heterocycles. The van der Waals surface area contributed by atoms with Crippen molar-refractivity contribution in [2.75, 3.05) is 0 Å². The molecule has 2 rings (SSSR count). The van der Waals surface area contributed by atoms with Gasteiger partial charge in [-0.25, -0.2) is 10.2 Å². The molecule has 0 fully saturated rings. The van der Waals surface area contributed by atoms with Crippen LogP contribution in [0.5, 0.6) is 0 Å². The molecule has 0 aliphatic rings. The molecule has 3 nitrogen and oxygen atoms in total. The monoisotopic (exact) mass is 276 g/mol. The SMILES string of the molecule is NNC(=O)c1cccc(CSc2cccc(F)c2)c1. The zero-order valence-electron chi connectivity index (χ0n) is 10.1. The Morgan fingerprint density at radius 3 is 2.74 bits per heavy atom. The molecule has 0 unspecified atom stereocenters. The molecule has 98 valence electrons. The maximum atomic E-state index is 13.0. The molecule has 19 heavy (non-hydrogen) atoms. The summed E-state index contributed by atoms with van der Waals surface area (Å²) in [6, 6.07) is 13.6. The van der Waals surface area contributed by atoms with Gasteiger partial charge in [0.2, 0.25) is 0 Å². The Bertz CT molecular complexity index is 589. The first-order valence-electron chi connectivity index (χ1n) is 5.67. The molecule has 2 aromatic carbocycles. The Kier molecular flexibility index (Phi) is 4.54. The Labute approximate surface area is 115 Å². The summed E-state index contributed by atoms with van der Waals surface area (Å²) in [5, 5.41) is 0. The first-order chi connectivity index (χ1) is 9.19. The average molecular weight is 276 g/mol. The lowest BCUT2D eigenvalue weighted by Crippen LogP contribution is -2.29. The predicted molar refractivity (Wildman–Crippen MR) is 74.1 cm³/mol. The lowest BCUT2D eigenvalue weighted by atomic mass is 10.1. The van der Waals surface area contributed by atoms with Gasteiger partial charge in [0.25, 0.3) is 5.91 Å². The number of nitrogens with one attached hydrogen (secondary N) is 1. The highest BCUT2D eigenvalue weighted by molar-refractivity contribution is 7.98. The number of thioether (sulfide) groups is 1. The Hall–Kier alpha value is -1.85. The maximum absolute atomic E-state index is 13.0. The molecule has 2 aromatic rings. The fraction of sp³-hybridized carbons (Fsp3) is 0.0714. The van der Waals surface area contributed by atoms with E-state index in [0.717, 1.165) is 10.5 Å². The lowest BCUT2D eigenvalue weighted by Gasteiger charge is -2.05. The number of hydrogen-bond donors (Lipinski definition) is 2. The number of carbonyl (C=O) groups is 1. The van der Waals surface area contributed by atoms with E-state index in [0.29, 0.717) is 11.3 Å². The summed E-state index contributed by atoms with van der Waals surface area (Å²) in [6.07, 6.45) is 0. The van der Waals surface area contributed by atoms with Gasteiger partial charge in [-0.1, -0.05) is 18.2 Å². The minimum atomic E-state index is -0.322. The van der Waals surface area contributed by atoms with Gasteiger partial charge in [-0.3, -0.25) is 10.2 Å². The fourth-order valence-corrected chi connectivity index (χ4v) is 2.49. The van der Waals surface area contributed by atoms with Crippen molar-refractivity contribution in [1.82, 2.24) is 5.43 Å². The second kappa shape index (κ2) is 6.36. The normalized spacial score (nSPS) is 10.2. The molecule has 1 amide bonds. The van der Waals surface area contributed by atoms with Crippen LogP contribution in [-0.2, 0) is 5.75 Å². The zero-order valence-corrected chi connectivity index (χ0v) is 10.9. The van der Waals surface area contributed by atoms with Gasteiger partial charge in [0.1, 0.15) is 5.82 Å². The molecule has 0 saturated heterocycles. The second-order valence-corrected chi connectivity index (χ2v) is 4.97. The standard InChI is InChI=1S/C14H13FN2OS/c15-12-5-2-6-13(8-12)19-9-10-3-1-4-11(7-10)14(18)17-16/h1-8H,9,16H2,(H,17,18). The minimum Gasteiger partial charge on any atom is -0.290 e. The van der Waals surface area contributed by atoms with Crippen LogP contribution in [0.25, 0.3) is 0 Å². The molecule has 0 saturated carbocycles. The third-order valence-corrected chi connectivity index (χ3v) is 3.59. The number of amides is 1. The topological polar surface area (TPSA) is 55.1 Å². The molecule has 0 aliphatic carbocycles. The van der Waals surface area contributed by atoms with Crippen molar-refractivity contribution in [3.63, 3.8) is 0 Å².